The quantitative estimate of drug-likeness (QED) is 0.845. The predicted molar refractivity (Wildman–Crippen MR) is 86.8 cm³/mol. The summed E-state index contributed by atoms with van der Waals surface area (Å²) in [5.41, 5.74) is 2.81. The van der Waals surface area contributed by atoms with Crippen molar-refractivity contribution in [1.29, 1.82) is 0 Å². The third-order valence-corrected chi connectivity index (χ3v) is 4.37. The van der Waals surface area contributed by atoms with E-state index in [-0.39, 0.29) is 0 Å². The highest BCUT2D eigenvalue weighted by Gasteiger charge is 2.17. The summed E-state index contributed by atoms with van der Waals surface area (Å²) in [6.07, 6.45) is 7.02. The van der Waals surface area contributed by atoms with Crippen LogP contribution < -0.4 is 5.32 Å². The zero-order valence-corrected chi connectivity index (χ0v) is 13.4. The largest absolute Gasteiger partial charge is 0.310 e. The molecule has 0 bridgehead atoms. The third kappa shape index (κ3) is 4.92. The predicted octanol–water partition coefficient (Wildman–Crippen LogP) is 3.95. The van der Waals surface area contributed by atoms with Crippen LogP contribution in [0, 0.1) is 0 Å². The highest BCUT2D eigenvalue weighted by atomic mass is 15.1. The van der Waals surface area contributed by atoms with Gasteiger partial charge in [0, 0.05) is 25.2 Å². The molecular weight excluding hydrogens is 244 g/mol. The first-order valence-electron chi connectivity index (χ1n) is 8.16. The Labute approximate surface area is 124 Å². The Balaban J connectivity index is 1.83. The molecule has 1 aromatic rings. The van der Waals surface area contributed by atoms with E-state index in [2.05, 4.69) is 55.4 Å². The average molecular weight is 274 g/mol. The molecule has 1 aromatic carbocycles. The monoisotopic (exact) mass is 274 g/mol. The van der Waals surface area contributed by atoms with Gasteiger partial charge in [-0.3, -0.25) is 4.90 Å². The molecule has 0 atom stereocenters. The fourth-order valence-corrected chi connectivity index (χ4v) is 3.02. The Kier molecular flexibility index (Phi) is 6.06. The zero-order chi connectivity index (χ0) is 14.4. The lowest BCUT2D eigenvalue weighted by Gasteiger charge is -2.31. The molecule has 20 heavy (non-hydrogen) atoms. The van der Waals surface area contributed by atoms with Gasteiger partial charge in [0.25, 0.3) is 0 Å². The van der Waals surface area contributed by atoms with Crippen LogP contribution in [0.25, 0.3) is 0 Å². The summed E-state index contributed by atoms with van der Waals surface area (Å²) in [7, 11) is 2.28. The first-order valence-corrected chi connectivity index (χ1v) is 8.16. The normalized spacial score (nSPS) is 17.1. The van der Waals surface area contributed by atoms with E-state index in [0.717, 1.165) is 19.1 Å². The summed E-state index contributed by atoms with van der Waals surface area (Å²) in [4.78, 5) is 2.54. The molecule has 0 aliphatic heterocycles. The van der Waals surface area contributed by atoms with Crippen molar-refractivity contribution in [1.82, 2.24) is 10.2 Å². The Morgan fingerprint density at radius 3 is 2.25 bits per heavy atom. The molecule has 0 saturated heterocycles. The number of nitrogens with one attached hydrogen (secondary N) is 1. The number of hydrogen-bond acceptors (Lipinski definition) is 2. The van der Waals surface area contributed by atoms with Crippen molar-refractivity contribution in [3.63, 3.8) is 0 Å². The summed E-state index contributed by atoms with van der Waals surface area (Å²) in [6, 6.07) is 10.4. The lowest BCUT2D eigenvalue weighted by atomic mass is 9.94. The molecule has 2 nitrogen and oxygen atoms in total. The van der Waals surface area contributed by atoms with E-state index in [0.29, 0.717) is 6.04 Å². The van der Waals surface area contributed by atoms with Crippen molar-refractivity contribution in [2.24, 2.45) is 0 Å². The molecule has 1 saturated carbocycles. The molecule has 0 amide bonds. The highest BCUT2D eigenvalue weighted by molar-refractivity contribution is 5.22. The molecule has 0 spiro atoms. The highest BCUT2D eigenvalue weighted by Crippen LogP contribution is 2.22. The van der Waals surface area contributed by atoms with Gasteiger partial charge in [-0.25, -0.2) is 0 Å². The van der Waals surface area contributed by atoms with Crippen LogP contribution in [0.1, 0.15) is 57.1 Å². The zero-order valence-electron chi connectivity index (χ0n) is 13.4. The minimum atomic E-state index is 0.548. The van der Waals surface area contributed by atoms with Crippen LogP contribution in [0.15, 0.2) is 24.3 Å². The topological polar surface area (TPSA) is 15.3 Å². The molecule has 1 aliphatic rings. The Morgan fingerprint density at radius 1 is 1.05 bits per heavy atom. The molecule has 1 fully saturated rings. The fraction of sp³-hybridized carbons (Fsp3) is 0.667. The molecular formula is C18H30N2. The second kappa shape index (κ2) is 7.80. The Hall–Kier alpha value is -0.860. The van der Waals surface area contributed by atoms with E-state index < -0.39 is 0 Å². The van der Waals surface area contributed by atoms with Gasteiger partial charge in [-0.05, 0) is 31.0 Å². The summed E-state index contributed by atoms with van der Waals surface area (Å²) >= 11 is 0. The van der Waals surface area contributed by atoms with Crippen LogP contribution in [0.4, 0.5) is 0 Å². The summed E-state index contributed by atoms with van der Waals surface area (Å²) in [5, 5.41) is 3.46. The maximum Gasteiger partial charge on any atom is 0.0233 e. The van der Waals surface area contributed by atoms with Crippen molar-refractivity contribution in [3.05, 3.63) is 35.4 Å². The number of nitrogens with zero attached hydrogens (tertiary/aromatic N) is 1. The SMILES string of the molecule is CC(C)NCc1ccc(CN(C)C2CCCCC2)cc1. The second-order valence-corrected chi connectivity index (χ2v) is 6.56. The minimum Gasteiger partial charge on any atom is -0.310 e. The molecule has 1 N–H and O–H groups in total. The average Bonchev–Trinajstić information content (AvgIpc) is 2.47. The standard InChI is InChI=1S/C18H30N2/c1-15(2)19-13-16-9-11-17(12-10-16)14-20(3)18-7-5-4-6-8-18/h9-12,15,18-19H,4-8,13-14H2,1-3H3. The third-order valence-electron chi connectivity index (χ3n) is 4.37. The van der Waals surface area contributed by atoms with E-state index >= 15 is 0 Å². The molecule has 0 radical (unpaired) electrons. The molecule has 0 aromatic heterocycles. The van der Waals surface area contributed by atoms with Crippen LogP contribution in [0.3, 0.4) is 0 Å². The van der Waals surface area contributed by atoms with Gasteiger partial charge < -0.3 is 5.32 Å². The Morgan fingerprint density at radius 2 is 1.65 bits per heavy atom. The van der Waals surface area contributed by atoms with Gasteiger partial charge in [-0.15, -0.1) is 0 Å². The van der Waals surface area contributed by atoms with E-state index in [1.807, 2.05) is 0 Å². The number of hydrogen-bond donors (Lipinski definition) is 1. The van der Waals surface area contributed by atoms with Crippen LogP contribution in [0.5, 0.6) is 0 Å². The van der Waals surface area contributed by atoms with Crippen molar-refractivity contribution in [2.75, 3.05) is 7.05 Å². The maximum absolute atomic E-state index is 3.46. The maximum atomic E-state index is 3.46. The van der Waals surface area contributed by atoms with Crippen LogP contribution in [0.2, 0.25) is 0 Å². The van der Waals surface area contributed by atoms with Gasteiger partial charge in [0.1, 0.15) is 0 Å². The first kappa shape index (κ1) is 15.5. The molecule has 2 rings (SSSR count). The summed E-state index contributed by atoms with van der Waals surface area (Å²) < 4.78 is 0. The smallest absolute Gasteiger partial charge is 0.0233 e. The van der Waals surface area contributed by atoms with Crippen molar-refractivity contribution >= 4 is 0 Å². The second-order valence-electron chi connectivity index (χ2n) is 6.56. The Bertz CT molecular complexity index is 377. The van der Waals surface area contributed by atoms with E-state index in [1.165, 1.54) is 43.2 Å². The van der Waals surface area contributed by atoms with Crippen LogP contribution >= 0.6 is 0 Å². The summed E-state index contributed by atoms with van der Waals surface area (Å²) in [6.45, 7) is 6.43. The van der Waals surface area contributed by atoms with Gasteiger partial charge in [-0.2, -0.15) is 0 Å². The van der Waals surface area contributed by atoms with E-state index in [9.17, 15) is 0 Å². The van der Waals surface area contributed by atoms with E-state index in [1.54, 1.807) is 0 Å². The van der Waals surface area contributed by atoms with Gasteiger partial charge in [0.05, 0.1) is 0 Å². The summed E-state index contributed by atoms with van der Waals surface area (Å²) in [5.74, 6) is 0. The van der Waals surface area contributed by atoms with Crippen molar-refractivity contribution in [2.45, 2.75) is 71.1 Å². The lowest BCUT2D eigenvalue weighted by Crippen LogP contribution is -2.32. The molecule has 0 unspecified atom stereocenters. The van der Waals surface area contributed by atoms with Gasteiger partial charge >= 0.3 is 0 Å². The number of rotatable bonds is 6. The molecule has 0 heterocycles. The van der Waals surface area contributed by atoms with Crippen LogP contribution in [-0.4, -0.2) is 24.0 Å². The molecule has 112 valence electrons. The van der Waals surface area contributed by atoms with Crippen molar-refractivity contribution in [3.8, 4) is 0 Å². The van der Waals surface area contributed by atoms with Crippen molar-refractivity contribution < 1.29 is 0 Å². The van der Waals surface area contributed by atoms with Gasteiger partial charge in [0.15, 0.2) is 0 Å². The first-order chi connectivity index (χ1) is 9.65. The van der Waals surface area contributed by atoms with Gasteiger partial charge in [-0.1, -0.05) is 57.4 Å². The van der Waals surface area contributed by atoms with E-state index in [4.69, 9.17) is 0 Å². The number of benzene rings is 1. The minimum absolute atomic E-state index is 0.548. The lowest BCUT2D eigenvalue weighted by molar-refractivity contribution is 0.184. The molecule has 2 heteroatoms. The van der Waals surface area contributed by atoms with Crippen LogP contribution in [-0.2, 0) is 13.1 Å². The molecule has 1 aliphatic carbocycles. The van der Waals surface area contributed by atoms with Gasteiger partial charge in [0.2, 0.25) is 0 Å². The fourth-order valence-electron chi connectivity index (χ4n) is 3.02.